The average Bonchev–Trinajstić information content (AvgIpc) is 2.63. The molecule has 0 spiro atoms. The first-order chi connectivity index (χ1) is 7.66. The zero-order chi connectivity index (χ0) is 11.5. The molecule has 0 saturated carbocycles. The molecule has 0 aliphatic rings. The van der Waals surface area contributed by atoms with E-state index >= 15 is 0 Å². The predicted octanol–water partition coefficient (Wildman–Crippen LogP) is 2.65. The first-order valence-corrected chi connectivity index (χ1v) is 5.45. The van der Waals surface area contributed by atoms with E-state index in [2.05, 4.69) is 42.5 Å². The predicted molar refractivity (Wildman–Crippen MR) is 66.5 cm³/mol. The highest BCUT2D eigenvalue weighted by Gasteiger charge is 2.00. The van der Waals surface area contributed by atoms with Crippen LogP contribution in [0.3, 0.4) is 0 Å². The highest BCUT2D eigenvalue weighted by Crippen LogP contribution is 2.13. The minimum absolute atomic E-state index is 0.839. The van der Waals surface area contributed by atoms with Crippen LogP contribution in [-0.4, -0.2) is 9.78 Å². The van der Waals surface area contributed by atoms with E-state index in [0.29, 0.717) is 0 Å². The van der Waals surface area contributed by atoms with Gasteiger partial charge in [-0.15, -0.1) is 0 Å². The van der Waals surface area contributed by atoms with Gasteiger partial charge in [0, 0.05) is 19.7 Å². The summed E-state index contributed by atoms with van der Waals surface area (Å²) in [7, 11) is 1.93. The molecular weight excluding hydrogens is 198 g/mol. The van der Waals surface area contributed by atoms with Crippen LogP contribution in [-0.2, 0) is 13.6 Å². The zero-order valence-corrected chi connectivity index (χ0v) is 9.99. The maximum absolute atomic E-state index is 4.12. The van der Waals surface area contributed by atoms with Gasteiger partial charge in [-0.3, -0.25) is 4.68 Å². The van der Waals surface area contributed by atoms with Crippen LogP contribution in [0.2, 0.25) is 0 Å². The van der Waals surface area contributed by atoms with Crippen LogP contribution in [0.25, 0.3) is 0 Å². The minimum Gasteiger partial charge on any atom is -0.366 e. The highest BCUT2D eigenvalue weighted by molar-refractivity contribution is 5.37. The fraction of sp³-hybridized carbons (Fsp3) is 0.308. The molecule has 0 atom stereocenters. The summed E-state index contributed by atoms with van der Waals surface area (Å²) in [6.45, 7) is 5.10. The normalized spacial score (nSPS) is 10.4. The molecule has 1 aromatic carbocycles. The molecule has 16 heavy (non-hydrogen) atoms. The van der Waals surface area contributed by atoms with E-state index in [1.54, 1.807) is 6.20 Å². The second kappa shape index (κ2) is 4.39. The lowest BCUT2D eigenvalue weighted by atomic mass is 10.1. The molecule has 1 aromatic heterocycles. The molecule has 2 rings (SSSR count). The van der Waals surface area contributed by atoms with E-state index in [-0.39, 0.29) is 0 Å². The first-order valence-electron chi connectivity index (χ1n) is 5.45. The third-order valence-electron chi connectivity index (χ3n) is 2.78. The van der Waals surface area contributed by atoms with E-state index in [1.165, 1.54) is 16.7 Å². The van der Waals surface area contributed by atoms with Crippen molar-refractivity contribution in [1.29, 1.82) is 0 Å². The maximum atomic E-state index is 4.12. The largest absolute Gasteiger partial charge is 0.366 e. The van der Waals surface area contributed by atoms with Crippen LogP contribution in [0.15, 0.2) is 30.5 Å². The van der Waals surface area contributed by atoms with Crippen molar-refractivity contribution in [2.24, 2.45) is 7.05 Å². The van der Waals surface area contributed by atoms with Gasteiger partial charge in [-0.05, 0) is 25.0 Å². The second-order valence-electron chi connectivity index (χ2n) is 4.12. The molecule has 84 valence electrons. The monoisotopic (exact) mass is 215 g/mol. The highest BCUT2D eigenvalue weighted by atomic mass is 15.3. The average molecular weight is 215 g/mol. The van der Waals surface area contributed by atoms with Crippen LogP contribution in [0, 0.1) is 13.8 Å². The van der Waals surface area contributed by atoms with Gasteiger partial charge in [0.05, 0.1) is 6.20 Å². The van der Waals surface area contributed by atoms with E-state index < -0.39 is 0 Å². The summed E-state index contributed by atoms with van der Waals surface area (Å²) in [5, 5.41) is 7.49. The van der Waals surface area contributed by atoms with Crippen LogP contribution < -0.4 is 5.32 Å². The Labute approximate surface area is 96.1 Å². The standard InChI is InChI=1S/C13H17N3/c1-10-4-5-12(11(2)8-10)9-14-13-6-7-15-16(13)3/h4-8,14H,9H2,1-3H3. The van der Waals surface area contributed by atoms with Gasteiger partial charge in [0.25, 0.3) is 0 Å². The van der Waals surface area contributed by atoms with Crippen molar-refractivity contribution in [2.75, 3.05) is 5.32 Å². The number of nitrogens with one attached hydrogen (secondary N) is 1. The maximum Gasteiger partial charge on any atom is 0.124 e. The van der Waals surface area contributed by atoms with Crippen LogP contribution in [0.5, 0.6) is 0 Å². The van der Waals surface area contributed by atoms with Gasteiger partial charge in [0.15, 0.2) is 0 Å². The van der Waals surface area contributed by atoms with Crippen molar-refractivity contribution in [3.05, 3.63) is 47.2 Å². The Morgan fingerprint density at radius 2 is 2.06 bits per heavy atom. The topological polar surface area (TPSA) is 29.9 Å². The number of aromatic nitrogens is 2. The van der Waals surface area contributed by atoms with Gasteiger partial charge < -0.3 is 5.32 Å². The molecule has 0 fully saturated rings. The summed E-state index contributed by atoms with van der Waals surface area (Å²) in [6.07, 6.45) is 1.80. The first kappa shape index (κ1) is 10.7. The molecule has 0 saturated heterocycles. The molecule has 3 heteroatoms. The Morgan fingerprint density at radius 1 is 1.25 bits per heavy atom. The fourth-order valence-electron chi connectivity index (χ4n) is 1.78. The number of aryl methyl sites for hydroxylation is 3. The van der Waals surface area contributed by atoms with Crippen molar-refractivity contribution < 1.29 is 0 Å². The van der Waals surface area contributed by atoms with Gasteiger partial charge in [0.1, 0.15) is 5.82 Å². The molecule has 1 heterocycles. The molecule has 0 radical (unpaired) electrons. The number of nitrogens with zero attached hydrogens (tertiary/aromatic N) is 2. The summed E-state index contributed by atoms with van der Waals surface area (Å²) < 4.78 is 1.84. The Bertz CT molecular complexity index is 486. The number of benzene rings is 1. The summed E-state index contributed by atoms with van der Waals surface area (Å²) in [4.78, 5) is 0. The van der Waals surface area contributed by atoms with Crippen LogP contribution in [0.1, 0.15) is 16.7 Å². The molecule has 0 unspecified atom stereocenters. The van der Waals surface area contributed by atoms with Gasteiger partial charge in [-0.1, -0.05) is 23.8 Å². The smallest absolute Gasteiger partial charge is 0.124 e. The second-order valence-corrected chi connectivity index (χ2v) is 4.12. The minimum atomic E-state index is 0.839. The number of anilines is 1. The van der Waals surface area contributed by atoms with Gasteiger partial charge in [0.2, 0.25) is 0 Å². The Kier molecular flexibility index (Phi) is 2.95. The zero-order valence-electron chi connectivity index (χ0n) is 9.99. The van der Waals surface area contributed by atoms with E-state index in [0.717, 1.165) is 12.4 Å². The molecule has 0 aliphatic heterocycles. The number of rotatable bonds is 3. The lowest BCUT2D eigenvalue weighted by Gasteiger charge is -2.09. The Morgan fingerprint density at radius 3 is 2.69 bits per heavy atom. The summed E-state index contributed by atoms with van der Waals surface area (Å²) in [5.41, 5.74) is 3.96. The van der Waals surface area contributed by atoms with Crippen molar-refractivity contribution >= 4 is 5.82 Å². The molecular formula is C13H17N3. The SMILES string of the molecule is Cc1ccc(CNc2ccnn2C)c(C)c1. The van der Waals surface area contributed by atoms with E-state index in [1.807, 2.05) is 17.8 Å². The van der Waals surface area contributed by atoms with Crippen LogP contribution in [0.4, 0.5) is 5.82 Å². The van der Waals surface area contributed by atoms with E-state index in [9.17, 15) is 0 Å². The van der Waals surface area contributed by atoms with Crippen LogP contribution >= 0.6 is 0 Å². The third-order valence-corrected chi connectivity index (χ3v) is 2.78. The Balaban J connectivity index is 2.08. The van der Waals surface area contributed by atoms with Gasteiger partial charge in [-0.25, -0.2) is 0 Å². The molecule has 1 N–H and O–H groups in total. The van der Waals surface area contributed by atoms with Crippen molar-refractivity contribution in [1.82, 2.24) is 9.78 Å². The molecule has 0 aliphatic carbocycles. The number of hydrogen-bond donors (Lipinski definition) is 1. The quantitative estimate of drug-likeness (QED) is 0.853. The van der Waals surface area contributed by atoms with Gasteiger partial charge >= 0.3 is 0 Å². The fourth-order valence-corrected chi connectivity index (χ4v) is 1.78. The van der Waals surface area contributed by atoms with Gasteiger partial charge in [-0.2, -0.15) is 5.10 Å². The summed E-state index contributed by atoms with van der Waals surface area (Å²) in [5.74, 6) is 1.04. The molecule has 0 bridgehead atoms. The lowest BCUT2D eigenvalue weighted by molar-refractivity contribution is 0.768. The summed E-state index contributed by atoms with van der Waals surface area (Å²) in [6, 6.07) is 8.51. The third kappa shape index (κ3) is 2.24. The van der Waals surface area contributed by atoms with Crippen molar-refractivity contribution in [3.63, 3.8) is 0 Å². The Hall–Kier alpha value is -1.77. The molecule has 0 amide bonds. The lowest BCUT2D eigenvalue weighted by Crippen LogP contribution is -2.05. The molecule has 2 aromatic rings. The molecule has 3 nitrogen and oxygen atoms in total. The summed E-state index contributed by atoms with van der Waals surface area (Å²) >= 11 is 0. The number of hydrogen-bond acceptors (Lipinski definition) is 2. The van der Waals surface area contributed by atoms with E-state index in [4.69, 9.17) is 0 Å². The van der Waals surface area contributed by atoms with Crippen molar-refractivity contribution in [2.45, 2.75) is 20.4 Å². The van der Waals surface area contributed by atoms with Crippen molar-refractivity contribution in [3.8, 4) is 0 Å².